The van der Waals surface area contributed by atoms with Crippen molar-refractivity contribution in [3.8, 4) is 0 Å². The van der Waals surface area contributed by atoms with Crippen LogP contribution in [-0.4, -0.2) is 55.8 Å². The molecule has 0 aliphatic rings. The van der Waals surface area contributed by atoms with E-state index in [0.29, 0.717) is 27.6 Å². The van der Waals surface area contributed by atoms with Crippen molar-refractivity contribution in [3.63, 3.8) is 0 Å². The van der Waals surface area contributed by atoms with Gasteiger partial charge in [-0.3, -0.25) is 18.7 Å². The van der Waals surface area contributed by atoms with Crippen molar-refractivity contribution in [1.29, 1.82) is 0 Å². The number of carbonyl (C=O) groups is 3. The van der Waals surface area contributed by atoms with Crippen LogP contribution in [-0.2, 0) is 26.2 Å². The van der Waals surface area contributed by atoms with Crippen LogP contribution < -0.4 is 9.62 Å². The lowest BCUT2D eigenvalue weighted by molar-refractivity contribution is -0.140. The predicted molar refractivity (Wildman–Crippen MR) is 143 cm³/mol. The van der Waals surface area contributed by atoms with Crippen molar-refractivity contribution in [3.05, 3.63) is 63.6 Å². The lowest BCUT2D eigenvalue weighted by atomic mass is 10.1. The number of nitrogens with zero attached hydrogens (tertiary/aromatic N) is 2. The molecule has 8 nitrogen and oxygen atoms in total. The number of carbonyl (C=O) groups excluding carboxylic acids is 3. The highest BCUT2D eigenvalue weighted by Gasteiger charge is 2.32. The molecule has 0 fully saturated rings. The van der Waals surface area contributed by atoms with Gasteiger partial charge >= 0.3 is 0 Å². The molecule has 0 spiro atoms. The summed E-state index contributed by atoms with van der Waals surface area (Å²) < 4.78 is 26.3. The number of amides is 2. The SMILES string of the molecule is CCC(C(=O)NC(C)C)N(Cc1ccc(Cl)c(Cl)c1)C(=O)CN(c1cccc(C(C)=O)c1)S(C)(=O)=O. The quantitative estimate of drug-likeness (QED) is 0.416. The standard InChI is InChI=1S/C25H31Cl2N3O5S/c1-6-23(25(33)28-16(2)3)29(14-18-10-11-21(26)22(27)12-18)24(32)15-30(36(5,34)35)20-9-7-8-19(13-20)17(4)31/h7-13,16,23H,6,14-15H2,1-5H3,(H,28,33). The molecule has 196 valence electrons. The number of hydrogen-bond acceptors (Lipinski definition) is 5. The monoisotopic (exact) mass is 555 g/mol. The minimum atomic E-state index is -3.91. The summed E-state index contributed by atoms with van der Waals surface area (Å²) in [4.78, 5) is 39.8. The average Bonchev–Trinajstić information content (AvgIpc) is 2.78. The number of rotatable bonds is 11. The number of sulfonamides is 1. The third-order valence-corrected chi connectivity index (χ3v) is 7.25. The number of ketones is 1. The predicted octanol–water partition coefficient (Wildman–Crippen LogP) is 4.29. The van der Waals surface area contributed by atoms with Crippen LogP contribution >= 0.6 is 23.2 Å². The van der Waals surface area contributed by atoms with Crippen molar-refractivity contribution in [2.24, 2.45) is 0 Å². The van der Waals surface area contributed by atoms with E-state index in [1.807, 2.05) is 13.8 Å². The minimum Gasteiger partial charge on any atom is -0.352 e. The van der Waals surface area contributed by atoms with E-state index in [-0.39, 0.29) is 30.0 Å². The first kappa shape index (κ1) is 29.6. The summed E-state index contributed by atoms with van der Waals surface area (Å²) in [6.07, 6.45) is 1.27. The third kappa shape index (κ3) is 7.94. The first-order valence-electron chi connectivity index (χ1n) is 11.4. The topological polar surface area (TPSA) is 104 Å². The third-order valence-electron chi connectivity index (χ3n) is 5.37. The fraction of sp³-hybridized carbons (Fsp3) is 0.400. The van der Waals surface area contributed by atoms with Gasteiger partial charge < -0.3 is 10.2 Å². The van der Waals surface area contributed by atoms with Gasteiger partial charge in [0.25, 0.3) is 0 Å². The Morgan fingerprint density at radius 2 is 1.69 bits per heavy atom. The number of Topliss-reactive ketones (excluding diaryl/α,β-unsaturated/α-hetero) is 1. The molecule has 0 aliphatic carbocycles. The normalized spacial score (nSPS) is 12.2. The molecular weight excluding hydrogens is 525 g/mol. The fourth-order valence-electron chi connectivity index (χ4n) is 3.63. The molecule has 1 unspecified atom stereocenters. The zero-order valence-electron chi connectivity index (χ0n) is 20.9. The van der Waals surface area contributed by atoms with Crippen LogP contribution in [0.1, 0.15) is 50.0 Å². The van der Waals surface area contributed by atoms with Gasteiger partial charge in [-0.1, -0.05) is 48.3 Å². The molecule has 0 aromatic heterocycles. The van der Waals surface area contributed by atoms with Gasteiger partial charge in [-0.15, -0.1) is 0 Å². The van der Waals surface area contributed by atoms with Gasteiger partial charge in [0.1, 0.15) is 12.6 Å². The first-order chi connectivity index (χ1) is 16.7. The summed E-state index contributed by atoms with van der Waals surface area (Å²) in [6.45, 7) is 6.20. The number of benzene rings is 2. The fourth-order valence-corrected chi connectivity index (χ4v) is 4.79. The highest BCUT2D eigenvalue weighted by Crippen LogP contribution is 2.25. The molecular formula is C25H31Cl2N3O5S. The van der Waals surface area contributed by atoms with Gasteiger partial charge in [0.05, 0.1) is 22.0 Å². The molecule has 0 bridgehead atoms. The van der Waals surface area contributed by atoms with Crippen LogP contribution in [0.5, 0.6) is 0 Å². The molecule has 0 radical (unpaired) electrons. The highest BCUT2D eigenvalue weighted by atomic mass is 35.5. The van der Waals surface area contributed by atoms with E-state index in [1.54, 1.807) is 37.3 Å². The Morgan fingerprint density at radius 1 is 1.03 bits per heavy atom. The van der Waals surface area contributed by atoms with Crippen molar-refractivity contribution < 1.29 is 22.8 Å². The molecule has 0 saturated heterocycles. The summed E-state index contributed by atoms with van der Waals surface area (Å²) in [6, 6.07) is 9.90. The molecule has 2 amide bonds. The summed E-state index contributed by atoms with van der Waals surface area (Å²) >= 11 is 12.2. The van der Waals surface area contributed by atoms with Gasteiger partial charge in [-0.25, -0.2) is 8.42 Å². The molecule has 0 saturated carbocycles. The van der Waals surface area contributed by atoms with Gasteiger partial charge in [-0.05, 0) is 57.0 Å². The van der Waals surface area contributed by atoms with E-state index in [9.17, 15) is 22.8 Å². The molecule has 0 aliphatic heterocycles. The maximum Gasteiger partial charge on any atom is 0.244 e. The molecule has 36 heavy (non-hydrogen) atoms. The highest BCUT2D eigenvalue weighted by molar-refractivity contribution is 7.92. The van der Waals surface area contributed by atoms with Crippen LogP contribution in [0.25, 0.3) is 0 Å². The van der Waals surface area contributed by atoms with Crippen LogP contribution in [0.15, 0.2) is 42.5 Å². The van der Waals surface area contributed by atoms with E-state index in [1.165, 1.54) is 24.0 Å². The maximum absolute atomic E-state index is 13.7. The Balaban J connectivity index is 2.50. The first-order valence-corrected chi connectivity index (χ1v) is 14.0. The van der Waals surface area contributed by atoms with Gasteiger partial charge in [0.15, 0.2) is 5.78 Å². The van der Waals surface area contributed by atoms with Crippen molar-refractivity contribution in [2.45, 2.75) is 52.7 Å². The van der Waals surface area contributed by atoms with E-state index < -0.39 is 28.5 Å². The largest absolute Gasteiger partial charge is 0.352 e. The van der Waals surface area contributed by atoms with Gasteiger partial charge in [0.2, 0.25) is 21.8 Å². The van der Waals surface area contributed by atoms with E-state index in [0.717, 1.165) is 10.6 Å². The maximum atomic E-state index is 13.7. The smallest absolute Gasteiger partial charge is 0.244 e. The molecule has 2 aromatic carbocycles. The summed E-state index contributed by atoms with van der Waals surface area (Å²) in [5.41, 5.74) is 1.11. The van der Waals surface area contributed by atoms with Crippen molar-refractivity contribution in [2.75, 3.05) is 17.1 Å². The molecule has 0 heterocycles. The second kappa shape index (κ2) is 12.6. The molecule has 2 aromatic rings. The minimum absolute atomic E-state index is 0.00479. The average molecular weight is 557 g/mol. The zero-order valence-corrected chi connectivity index (χ0v) is 23.2. The Bertz CT molecular complexity index is 1230. The molecule has 2 rings (SSSR count). The zero-order chi connectivity index (χ0) is 27.2. The molecule has 11 heteroatoms. The Morgan fingerprint density at radius 3 is 2.22 bits per heavy atom. The van der Waals surface area contributed by atoms with Crippen LogP contribution in [0.2, 0.25) is 10.0 Å². The van der Waals surface area contributed by atoms with Crippen molar-refractivity contribution in [1.82, 2.24) is 10.2 Å². The van der Waals surface area contributed by atoms with Crippen LogP contribution in [0, 0.1) is 0 Å². The molecule has 1 atom stereocenters. The summed E-state index contributed by atoms with van der Waals surface area (Å²) in [5, 5.41) is 3.46. The lowest BCUT2D eigenvalue weighted by Crippen LogP contribution is -2.53. The second-order valence-corrected chi connectivity index (χ2v) is 11.5. The Hall–Kier alpha value is -2.62. The van der Waals surface area contributed by atoms with Crippen molar-refractivity contribution >= 4 is 56.5 Å². The van der Waals surface area contributed by atoms with E-state index in [2.05, 4.69) is 5.32 Å². The number of hydrogen-bond donors (Lipinski definition) is 1. The number of halogens is 2. The van der Waals surface area contributed by atoms with Crippen LogP contribution in [0.4, 0.5) is 5.69 Å². The van der Waals surface area contributed by atoms with Gasteiger partial charge in [0, 0.05) is 18.2 Å². The van der Waals surface area contributed by atoms with E-state index in [4.69, 9.17) is 23.2 Å². The van der Waals surface area contributed by atoms with Gasteiger partial charge in [-0.2, -0.15) is 0 Å². The van der Waals surface area contributed by atoms with E-state index >= 15 is 0 Å². The second-order valence-electron chi connectivity index (χ2n) is 8.73. The Kier molecular flexibility index (Phi) is 10.3. The Labute approximate surface area is 222 Å². The summed E-state index contributed by atoms with van der Waals surface area (Å²) in [7, 11) is -3.91. The van der Waals surface area contributed by atoms with Crippen LogP contribution in [0.3, 0.4) is 0 Å². The number of anilines is 1. The number of nitrogens with one attached hydrogen (secondary N) is 1. The molecule has 1 N–H and O–H groups in total. The lowest BCUT2D eigenvalue weighted by Gasteiger charge is -2.33. The summed E-state index contributed by atoms with van der Waals surface area (Å²) in [5.74, 6) is -1.19.